The SMILES string of the molecule is C.C=CCC.CC.COC(C)C.COc1ccc2c(=O)cc(-c3nc(C(C)C)cs3)[nH]c2c1C. The number of nitrogens with zero attached hydrogens (tertiary/aromatic N) is 1. The lowest BCUT2D eigenvalue weighted by Gasteiger charge is -2.09. The quantitative estimate of drug-likeness (QED) is 0.365. The van der Waals surface area contributed by atoms with Crippen LogP contribution in [-0.2, 0) is 4.74 Å². The van der Waals surface area contributed by atoms with Gasteiger partial charge >= 0.3 is 0 Å². The minimum Gasteiger partial charge on any atom is -0.496 e. The van der Waals surface area contributed by atoms with Gasteiger partial charge in [0.25, 0.3) is 0 Å². The van der Waals surface area contributed by atoms with Gasteiger partial charge in [-0.1, -0.05) is 48.1 Å². The van der Waals surface area contributed by atoms with Crippen molar-refractivity contribution < 1.29 is 9.47 Å². The molecule has 0 bridgehead atoms. The molecular weight excluding hydrogens is 444 g/mol. The Hall–Kier alpha value is -2.44. The number of hydrogen-bond acceptors (Lipinski definition) is 5. The van der Waals surface area contributed by atoms with Gasteiger partial charge in [0.15, 0.2) is 5.43 Å². The molecule has 0 fully saturated rings. The number of pyridine rings is 1. The minimum atomic E-state index is -0.00389. The molecule has 0 radical (unpaired) electrons. The van der Waals surface area contributed by atoms with E-state index in [9.17, 15) is 4.79 Å². The lowest BCUT2D eigenvalue weighted by Crippen LogP contribution is -2.04. The molecule has 5 nitrogen and oxygen atoms in total. The van der Waals surface area contributed by atoms with Crippen LogP contribution in [0.5, 0.6) is 5.75 Å². The number of methoxy groups -OCH3 is 2. The number of nitrogens with one attached hydrogen (secondary N) is 1. The molecule has 0 saturated carbocycles. The topological polar surface area (TPSA) is 64.2 Å². The van der Waals surface area contributed by atoms with Crippen LogP contribution < -0.4 is 10.2 Å². The molecule has 3 aromatic rings. The first kappa shape index (κ1) is 33.7. The summed E-state index contributed by atoms with van der Waals surface area (Å²) >= 11 is 1.55. The zero-order chi connectivity index (χ0) is 25.6. The Balaban J connectivity index is 0. The molecule has 0 aliphatic carbocycles. The van der Waals surface area contributed by atoms with E-state index in [1.165, 1.54) is 0 Å². The van der Waals surface area contributed by atoms with E-state index in [1.807, 2.05) is 52.1 Å². The van der Waals surface area contributed by atoms with Crippen molar-refractivity contribution in [2.24, 2.45) is 0 Å². The third kappa shape index (κ3) is 10.2. The van der Waals surface area contributed by atoms with E-state index in [4.69, 9.17) is 9.47 Å². The minimum absolute atomic E-state index is 0. The van der Waals surface area contributed by atoms with Crippen LogP contribution in [0.25, 0.3) is 21.6 Å². The first-order valence-electron chi connectivity index (χ1n) is 11.5. The first-order chi connectivity index (χ1) is 15.7. The van der Waals surface area contributed by atoms with Crippen LogP contribution in [0, 0.1) is 6.92 Å². The molecule has 0 aliphatic rings. The molecule has 0 spiro atoms. The first-order valence-corrected chi connectivity index (χ1v) is 12.4. The number of aromatic nitrogens is 2. The maximum atomic E-state index is 12.4. The summed E-state index contributed by atoms with van der Waals surface area (Å²) in [6.45, 7) is 19.7. The standard InChI is InChI=1S/C17H18N2O2S.C4H10O.C4H8.C2H6.CH4/c1-9(2)13-8-22-17(19-13)12-7-14(20)11-5-6-15(21-4)10(3)16(11)18-12;1-4(2)5-3;1-3-4-2;1-2;/h5-9H,1-4H3,(H,18,20);4H,1-3H3;3H,1,4H2,2H3;1-2H3;1H4. The molecule has 2 heterocycles. The Morgan fingerprint density at radius 2 is 1.74 bits per heavy atom. The monoisotopic (exact) mass is 490 g/mol. The van der Waals surface area contributed by atoms with Crippen molar-refractivity contribution in [1.29, 1.82) is 0 Å². The predicted molar refractivity (Wildman–Crippen MR) is 152 cm³/mol. The van der Waals surface area contributed by atoms with Crippen LogP contribution in [0.3, 0.4) is 0 Å². The van der Waals surface area contributed by atoms with Crippen LogP contribution in [-0.4, -0.2) is 30.3 Å². The Morgan fingerprint density at radius 1 is 1.18 bits per heavy atom. The maximum Gasteiger partial charge on any atom is 0.190 e. The van der Waals surface area contributed by atoms with Gasteiger partial charge in [0.2, 0.25) is 0 Å². The average Bonchev–Trinajstić information content (AvgIpc) is 3.32. The highest BCUT2D eigenvalue weighted by molar-refractivity contribution is 7.13. The van der Waals surface area contributed by atoms with Crippen molar-refractivity contribution in [3.8, 4) is 16.5 Å². The van der Waals surface area contributed by atoms with Crippen LogP contribution >= 0.6 is 11.3 Å². The molecule has 0 aliphatic heterocycles. The molecule has 2 aromatic heterocycles. The Labute approximate surface area is 211 Å². The van der Waals surface area contributed by atoms with Gasteiger partial charge in [0.1, 0.15) is 10.8 Å². The van der Waals surface area contributed by atoms with Gasteiger partial charge in [0.05, 0.1) is 30.1 Å². The van der Waals surface area contributed by atoms with Gasteiger partial charge in [-0.3, -0.25) is 4.79 Å². The fourth-order valence-corrected chi connectivity index (χ4v) is 3.40. The van der Waals surface area contributed by atoms with Crippen LogP contribution in [0.1, 0.15) is 79.5 Å². The number of ether oxygens (including phenoxy) is 2. The van der Waals surface area contributed by atoms with Crippen molar-refractivity contribution in [1.82, 2.24) is 9.97 Å². The summed E-state index contributed by atoms with van der Waals surface area (Å²) in [6, 6.07) is 5.25. The van der Waals surface area contributed by atoms with Crippen molar-refractivity contribution in [2.75, 3.05) is 14.2 Å². The van der Waals surface area contributed by atoms with Crippen LogP contribution in [0.2, 0.25) is 0 Å². The number of rotatable bonds is 5. The summed E-state index contributed by atoms with van der Waals surface area (Å²) in [6.07, 6.45) is 3.34. The number of thiazole rings is 1. The molecule has 0 saturated heterocycles. The second kappa shape index (κ2) is 18.0. The molecular formula is C28H46N2O3S. The van der Waals surface area contributed by atoms with Gasteiger partial charge < -0.3 is 14.5 Å². The summed E-state index contributed by atoms with van der Waals surface area (Å²) < 4.78 is 10.1. The van der Waals surface area contributed by atoms with E-state index >= 15 is 0 Å². The number of aromatic amines is 1. The third-order valence-corrected chi connectivity index (χ3v) is 5.43. The normalized spacial score (nSPS) is 9.65. The summed E-state index contributed by atoms with van der Waals surface area (Å²) in [5, 5.41) is 3.55. The Kier molecular flexibility index (Phi) is 17.8. The smallest absolute Gasteiger partial charge is 0.190 e. The van der Waals surface area contributed by atoms with E-state index in [-0.39, 0.29) is 12.9 Å². The molecule has 0 atom stereocenters. The molecule has 3 rings (SSSR count). The molecule has 1 aromatic carbocycles. The lowest BCUT2D eigenvalue weighted by atomic mass is 10.1. The highest BCUT2D eigenvalue weighted by Crippen LogP contribution is 2.29. The number of hydrogen-bond donors (Lipinski definition) is 1. The molecule has 6 heteroatoms. The summed E-state index contributed by atoms with van der Waals surface area (Å²) in [5.41, 5.74) is 3.53. The van der Waals surface area contributed by atoms with Crippen LogP contribution in [0.15, 0.2) is 41.0 Å². The number of aryl methyl sites for hydroxylation is 1. The maximum absolute atomic E-state index is 12.4. The largest absolute Gasteiger partial charge is 0.496 e. The summed E-state index contributed by atoms with van der Waals surface area (Å²) in [5.74, 6) is 1.14. The number of benzene rings is 1. The van der Waals surface area contributed by atoms with E-state index in [0.717, 1.165) is 39.6 Å². The molecule has 0 unspecified atom stereocenters. The zero-order valence-electron chi connectivity index (χ0n) is 22.0. The van der Waals surface area contributed by atoms with E-state index in [1.54, 1.807) is 37.7 Å². The fraction of sp³-hybridized carbons (Fsp3) is 0.500. The summed E-state index contributed by atoms with van der Waals surface area (Å²) in [4.78, 5) is 20.3. The average molecular weight is 491 g/mol. The Bertz CT molecular complexity index is 1020. The van der Waals surface area contributed by atoms with Crippen molar-refractivity contribution in [2.45, 2.75) is 81.3 Å². The van der Waals surface area contributed by atoms with Crippen molar-refractivity contribution >= 4 is 22.2 Å². The van der Waals surface area contributed by atoms with Gasteiger partial charge in [-0.15, -0.1) is 17.9 Å². The summed E-state index contributed by atoms with van der Waals surface area (Å²) in [7, 11) is 3.33. The number of allylic oxidation sites excluding steroid dienone is 1. The second-order valence-electron chi connectivity index (χ2n) is 7.58. The van der Waals surface area contributed by atoms with Crippen molar-refractivity contribution in [3.05, 3.63) is 57.7 Å². The predicted octanol–water partition coefficient (Wildman–Crippen LogP) is 8.38. The van der Waals surface area contributed by atoms with Gasteiger partial charge in [-0.25, -0.2) is 4.98 Å². The number of H-pyrrole nitrogens is 1. The molecule has 192 valence electrons. The van der Waals surface area contributed by atoms with E-state index < -0.39 is 0 Å². The van der Waals surface area contributed by atoms with Crippen LogP contribution in [0.4, 0.5) is 0 Å². The lowest BCUT2D eigenvalue weighted by molar-refractivity contribution is 0.134. The highest BCUT2D eigenvalue weighted by atomic mass is 32.1. The van der Waals surface area contributed by atoms with Gasteiger partial charge in [0, 0.05) is 29.5 Å². The van der Waals surface area contributed by atoms with Gasteiger partial charge in [-0.2, -0.15) is 0 Å². The second-order valence-corrected chi connectivity index (χ2v) is 8.43. The van der Waals surface area contributed by atoms with E-state index in [0.29, 0.717) is 17.4 Å². The molecule has 0 amide bonds. The zero-order valence-corrected chi connectivity index (χ0v) is 22.9. The number of fused-ring (bicyclic) bond motifs is 1. The third-order valence-electron chi connectivity index (χ3n) is 4.54. The molecule has 34 heavy (non-hydrogen) atoms. The van der Waals surface area contributed by atoms with E-state index in [2.05, 4.69) is 37.3 Å². The van der Waals surface area contributed by atoms with Crippen molar-refractivity contribution in [3.63, 3.8) is 0 Å². The fourth-order valence-electron chi connectivity index (χ4n) is 2.45. The Morgan fingerprint density at radius 3 is 2.15 bits per heavy atom. The highest BCUT2D eigenvalue weighted by Gasteiger charge is 2.12. The molecule has 1 N–H and O–H groups in total. The van der Waals surface area contributed by atoms with Gasteiger partial charge in [-0.05, 0) is 45.2 Å².